The van der Waals surface area contributed by atoms with Crippen molar-refractivity contribution in [1.29, 1.82) is 0 Å². The Bertz CT molecular complexity index is 4900. The summed E-state index contributed by atoms with van der Waals surface area (Å²) in [6, 6.07) is 10.9. The number of benzene rings is 10. The number of fused-ring (bicyclic) bond motifs is 6. The lowest BCUT2D eigenvalue weighted by Gasteiger charge is -2.20. The quantitative estimate of drug-likeness (QED) is 0.0114. The van der Waals surface area contributed by atoms with E-state index < -0.39 is 240 Å². The summed E-state index contributed by atoms with van der Waals surface area (Å²) in [6.07, 6.45) is 28.7. The van der Waals surface area contributed by atoms with Crippen molar-refractivity contribution in [3.8, 4) is 69.0 Å². The molecule has 0 aliphatic heterocycles. The van der Waals surface area contributed by atoms with E-state index in [-0.39, 0.29) is 39.6 Å². The second kappa shape index (κ2) is 55.4. The average molecular weight is 1930 g/mol. The molecule has 0 radical (unpaired) electrons. The first-order valence-electron chi connectivity index (χ1n) is 48.3. The second-order valence-electron chi connectivity index (χ2n) is 34.1. The molecule has 744 valence electrons. The molecule has 30 heteroatoms. The molecular formula is C108H120F12O18. The maximum absolute atomic E-state index is 16.7. The smallest absolute Gasteiger partial charge is 0.346 e. The van der Waals surface area contributed by atoms with E-state index in [9.17, 15) is 28.8 Å². The number of carbonyl (C=O) groups is 6. The van der Waals surface area contributed by atoms with Gasteiger partial charge in [0.25, 0.3) is 0 Å². The lowest BCUT2D eigenvalue weighted by Crippen LogP contribution is -2.16. The van der Waals surface area contributed by atoms with Gasteiger partial charge in [-0.05, 0) is 144 Å². The van der Waals surface area contributed by atoms with Crippen LogP contribution in [-0.2, 0) is 0 Å². The monoisotopic (exact) mass is 1930 g/mol. The molecule has 18 nitrogen and oxygen atoms in total. The van der Waals surface area contributed by atoms with E-state index >= 15 is 52.7 Å². The van der Waals surface area contributed by atoms with Crippen LogP contribution in [-0.4, -0.2) is 75.5 Å². The van der Waals surface area contributed by atoms with Crippen molar-refractivity contribution in [3.05, 3.63) is 212 Å². The SMILES string of the molecule is CCCCCCCCOc1cc(F)c(C(=O)Oc2cc3c4cc(OC(=O)c5cc(F)c(OCCCCCCCC)cc5F)c(OC(=O)c5cc(F)c(OCCCCCCCC)cc5F)cc4c4cc(OC(=O)c5cc(F)c(OCCCCCCCC)cc5F)c(OC(=O)c5cc(F)c(OCCCCCCCC)cc5F)cc4c3cc2OC(=O)c2cc(F)c(OCCCCCCCC)cc2F)cc1F. The standard InChI is InChI=1S/C108H120F12O18/c1-7-13-19-25-31-37-43-127-91-61-79(109)73(49-85(91)115)103(121)133-97-55-67-68(56-98(97)134-104(122)74-50-86(116)92(62-80(74)110)128-44-38-32-26-20-14-8-2)70-58-100(136-106(124)76-52-88(118)94(64-82(76)112)130-46-40-34-28-22-16-10-4)102(138-108(126)78-54-90(120)96(66-84(78)114)132-48-42-36-30-24-18-12-6)60-72(70)71-59-101(137-107(125)77-53-89(119)95(65-83(77)113)131-47-41-35-29-23-17-11-5)99(57-69(67)71)135-105(123)75-51-87(117)93(63-81(75)111)129-45-39-33-27-21-15-9-3/h49-66H,7-48H2,1-6H3. The van der Waals surface area contributed by atoms with Crippen LogP contribution in [0.3, 0.4) is 0 Å². The van der Waals surface area contributed by atoms with Gasteiger partial charge in [0.05, 0.1) is 73.0 Å². The molecule has 0 unspecified atom stereocenters. The van der Waals surface area contributed by atoms with Crippen molar-refractivity contribution in [1.82, 2.24) is 0 Å². The number of esters is 6. The molecule has 0 amide bonds. The van der Waals surface area contributed by atoms with Gasteiger partial charge in [0.1, 0.15) is 34.9 Å². The molecule has 0 bridgehead atoms. The zero-order chi connectivity index (χ0) is 99.2. The van der Waals surface area contributed by atoms with Crippen LogP contribution >= 0.6 is 0 Å². The van der Waals surface area contributed by atoms with Crippen LogP contribution in [0, 0.1) is 69.8 Å². The minimum atomic E-state index is -1.77. The molecule has 0 saturated heterocycles. The third-order valence-corrected chi connectivity index (χ3v) is 23.3. The minimum absolute atomic E-state index is 0.0762. The molecule has 0 aliphatic carbocycles. The Balaban J connectivity index is 1.23. The van der Waals surface area contributed by atoms with Gasteiger partial charge in [0, 0.05) is 36.4 Å². The molecule has 0 aromatic heterocycles. The zero-order valence-electron chi connectivity index (χ0n) is 79.0. The Hall–Kier alpha value is -12.2. The van der Waals surface area contributed by atoms with Crippen LogP contribution in [0.2, 0.25) is 0 Å². The van der Waals surface area contributed by atoms with Crippen molar-refractivity contribution >= 4 is 68.1 Å². The van der Waals surface area contributed by atoms with Crippen molar-refractivity contribution in [3.63, 3.8) is 0 Å². The fraction of sp³-hybridized carbons (Fsp3) is 0.444. The van der Waals surface area contributed by atoms with Gasteiger partial charge >= 0.3 is 35.8 Å². The summed E-state index contributed by atoms with van der Waals surface area (Å²) in [4.78, 5) is 89.3. The van der Waals surface area contributed by atoms with Gasteiger partial charge in [0.15, 0.2) is 104 Å². The molecule has 0 saturated carbocycles. The summed E-state index contributed by atoms with van der Waals surface area (Å²) in [5.74, 6) is -36.9. The van der Waals surface area contributed by atoms with Crippen LogP contribution in [0.1, 0.15) is 335 Å². The summed E-state index contributed by atoms with van der Waals surface area (Å²) >= 11 is 0. The maximum Gasteiger partial charge on any atom is 0.346 e. The third kappa shape index (κ3) is 30.9. The molecule has 0 atom stereocenters. The molecule has 0 N–H and O–H groups in total. The number of ether oxygens (including phenoxy) is 12. The molecule has 0 aliphatic rings. The van der Waals surface area contributed by atoms with Gasteiger partial charge in [-0.1, -0.05) is 234 Å². The van der Waals surface area contributed by atoms with E-state index in [0.29, 0.717) is 150 Å². The van der Waals surface area contributed by atoms with Crippen LogP contribution in [0.25, 0.3) is 32.3 Å². The summed E-state index contributed by atoms with van der Waals surface area (Å²) < 4.78 is 267. The first kappa shape index (κ1) is 108. The number of hydrogen-bond donors (Lipinski definition) is 0. The van der Waals surface area contributed by atoms with Crippen molar-refractivity contribution in [2.75, 3.05) is 39.6 Å². The van der Waals surface area contributed by atoms with E-state index in [1.54, 1.807) is 0 Å². The van der Waals surface area contributed by atoms with Gasteiger partial charge in [-0.2, -0.15) is 0 Å². The highest BCUT2D eigenvalue weighted by molar-refractivity contribution is 6.27. The summed E-state index contributed by atoms with van der Waals surface area (Å²) in [6.45, 7) is 11.8. The minimum Gasteiger partial charge on any atom is -0.490 e. The number of carbonyl (C=O) groups excluding carboxylic acids is 6. The molecule has 10 rings (SSSR count). The number of hydrogen-bond acceptors (Lipinski definition) is 18. The highest BCUT2D eigenvalue weighted by Gasteiger charge is 2.33. The zero-order valence-corrected chi connectivity index (χ0v) is 79.0. The Labute approximate surface area is 796 Å². The topological polar surface area (TPSA) is 213 Å². The molecular weight excluding hydrogens is 1810 g/mol. The van der Waals surface area contributed by atoms with Crippen molar-refractivity contribution < 1.29 is 138 Å². The van der Waals surface area contributed by atoms with Crippen molar-refractivity contribution in [2.45, 2.75) is 273 Å². The fourth-order valence-electron chi connectivity index (χ4n) is 15.6. The van der Waals surface area contributed by atoms with Gasteiger partial charge < -0.3 is 56.8 Å². The Kier molecular flexibility index (Phi) is 43.3. The highest BCUT2D eigenvalue weighted by Crippen LogP contribution is 2.49. The summed E-state index contributed by atoms with van der Waals surface area (Å²) in [7, 11) is 0. The lowest BCUT2D eigenvalue weighted by atomic mass is 9.93. The normalized spacial score (nSPS) is 11.3. The molecule has 10 aromatic carbocycles. The third-order valence-electron chi connectivity index (χ3n) is 23.3. The van der Waals surface area contributed by atoms with E-state index in [0.717, 1.165) is 190 Å². The molecule has 0 spiro atoms. The van der Waals surface area contributed by atoms with E-state index in [4.69, 9.17) is 56.8 Å². The second-order valence-corrected chi connectivity index (χ2v) is 34.1. The predicted octanol–water partition coefficient (Wildman–Crippen LogP) is 30.6. The van der Waals surface area contributed by atoms with Gasteiger partial charge in [-0.25, -0.2) is 81.5 Å². The largest absolute Gasteiger partial charge is 0.490 e. The van der Waals surface area contributed by atoms with Gasteiger partial charge in [-0.15, -0.1) is 0 Å². The first-order valence-corrected chi connectivity index (χ1v) is 48.3. The van der Waals surface area contributed by atoms with E-state index in [1.165, 1.54) is 0 Å². The number of halogens is 12. The molecule has 0 fully saturated rings. The summed E-state index contributed by atoms with van der Waals surface area (Å²) in [5, 5.41) is -2.66. The molecule has 138 heavy (non-hydrogen) atoms. The Morgan fingerprint density at radius 1 is 0.159 bits per heavy atom. The van der Waals surface area contributed by atoms with Crippen LogP contribution in [0.5, 0.6) is 69.0 Å². The lowest BCUT2D eigenvalue weighted by molar-refractivity contribution is 0.0676. The van der Waals surface area contributed by atoms with Crippen LogP contribution in [0.4, 0.5) is 52.7 Å². The Morgan fingerprint density at radius 2 is 0.283 bits per heavy atom. The molecule has 0 heterocycles. The van der Waals surface area contributed by atoms with E-state index in [2.05, 4.69) is 0 Å². The number of unbranched alkanes of at least 4 members (excludes halogenated alkanes) is 30. The van der Waals surface area contributed by atoms with Crippen LogP contribution in [0.15, 0.2) is 109 Å². The van der Waals surface area contributed by atoms with Crippen LogP contribution < -0.4 is 56.8 Å². The van der Waals surface area contributed by atoms with E-state index in [1.807, 2.05) is 41.5 Å². The predicted molar refractivity (Wildman–Crippen MR) is 500 cm³/mol. The van der Waals surface area contributed by atoms with Crippen molar-refractivity contribution in [2.24, 2.45) is 0 Å². The Morgan fingerprint density at radius 3 is 0.413 bits per heavy atom. The molecule has 10 aromatic rings. The maximum atomic E-state index is 16.7. The highest BCUT2D eigenvalue weighted by atomic mass is 19.2. The van der Waals surface area contributed by atoms with Gasteiger partial charge in [0.2, 0.25) is 0 Å². The summed E-state index contributed by atoms with van der Waals surface area (Å²) in [5.41, 5.74) is -6.87. The number of rotatable bonds is 60. The van der Waals surface area contributed by atoms with Gasteiger partial charge in [-0.3, -0.25) is 0 Å². The first-order chi connectivity index (χ1) is 66.7. The fourth-order valence-corrected chi connectivity index (χ4v) is 15.6. The average Bonchev–Trinajstić information content (AvgIpc) is 0.719.